The van der Waals surface area contributed by atoms with E-state index in [1.807, 2.05) is 19.1 Å². The maximum absolute atomic E-state index is 13.2. The number of thiocarbonyl (C=S) groups is 1. The normalized spacial score (nSPS) is 14.1. The van der Waals surface area contributed by atoms with Crippen molar-refractivity contribution in [3.05, 3.63) is 82.2 Å². The zero-order chi connectivity index (χ0) is 26.4. The molecule has 1 aliphatic rings. The van der Waals surface area contributed by atoms with Gasteiger partial charge in [0.1, 0.15) is 5.75 Å². The van der Waals surface area contributed by atoms with E-state index in [0.717, 1.165) is 5.56 Å². The van der Waals surface area contributed by atoms with Gasteiger partial charge in [0.25, 0.3) is 11.8 Å². The highest BCUT2D eigenvalue weighted by molar-refractivity contribution is 8.27. The second-order valence-corrected chi connectivity index (χ2v) is 9.79. The lowest BCUT2D eigenvalue weighted by molar-refractivity contribution is -0.118. The molecule has 0 aliphatic carbocycles. The Hall–Kier alpha value is -3.53. The smallest absolute Gasteiger partial charge is 0.270 e. The lowest BCUT2D eigenvalue weighted by Crippen LogP contribution is -2.27. The Labute approximate surface area is 229 Å². The number of para-hydroxylation sites is 2. The Bertz CT molecular complexity index is 1380. The van der Waals surface area contributed by atoms with Gasteiger partial charge in [-0.05, 0) is 61.0 Å². The van der Waals surface area contributed by atoms with Crippen LogP contribution >= 0.6 is 35.6 Å². The van der Waals surface area contributed by atoms with Crippen molar-refractivity contribution in [3.63, 3.8) is 0 Å². The molecule has 3 aromatic rings. The van der Waals surface area contributed by atoms with Crippen LogP contribution in [-0.4, -0.2) is 36.5 Å². The number of hydrogen-bond acceptors (Lipinski definition) is 7. The van der Waals surface area contributed by atoms with Crippen LogP contribution in [-0.2, 0) is 9.59 Å². The Morgan fingerprint density at radius 3 is 2.62 bits per heavy atom. The van der Waals surface area contributed by atoms with E-state index in [2.05, 4.69) is 5.32 Å². The first-order valence-corrected chi connectivity index (χ1v) is 12.9. The molecule has 37 heavy (non-hydrogen) atoms. The highest BCUT2D eigenvalue weighted by atomic mass is 35.5. The van der Waals surface area contributed by atoms with Gasteiger partial charge in [-0.2, -0.15) is 0 Å². The molecule has 1 saturated heterocycles. The van der Waals surface area contributed by atoms with Gasteiger partial charge in [-0.1, -0.05) is 59.8 Å². The molecule has 0 bridgehead atoms. The number of carbonyl (C=O) groups is 2. The predicted molar refractivity (Wildman–Crippen MR) is 152 cm³/mol. The van der Waals surface area contributed by atoms with Crippen LogP contribution in [0, 0.1) is 0 Å². The molecule has 4 rings (SSSR count). The number of thioether (sulfide) groups is 1. The molecule has 1 fully saturated rings. The molecule has 0 radical (unpaired) electrons. The largest absolute Gasteiger partial charge is 0.495 e. The van der Waals surface area contributed by atoms with Crippen molar-refractivity contribution in [2.45, 2.75) is 6.92 Å². The van der Waals surface area contributed by atoms with Gasteiger partial charge in [-0.3, -0.25) is 14.5 Å². The van der Waals surface area contributed by atoms with Crippen molar-refractivity contribution in [1.29, 1.82) is 0 Å². The minimum atomic E-state index is -0.339. The number of hydrogen-bond donors (Lipinski definition) is 1. The number of carbonyl (C=O) groups excluding carboxylic acids is 2. The molecule has 3 aromatic carbocycles. The molecule has 0 aromatic heterocycles. The van der Waals surface area contributed by atoms with E-state index in [9.17, 15) is 9.59 Å². The SMILES string of the molecule is CCOc1cc(/C=C2/SC(=S)N(c3ccccc3OC)C2=O)ccc1OCC(=O)Nc1cccc(Cl)c1. The summed E-state index contributed by atoms with van der Waals surface area (Å²) in [5, 5.41) is 3.26. The molecule has 1 heterocycles. The number of benzene rings is 3. The highest BCUT2D eigenvalue weighted by Gasteiger charge is 2.34. The van der Waals surface area contributed by atoms with E-state index >= 15 is 0 Å². The van der Waals surface area contributed by atoms with Crippen LogP contribution in [0.3, 0.4) is 0 Å². The fourth-order valence-electron chi connectivity index (χ4n) is 3.55. The predicted octanol–water partition coefficient (Wildman–Crippen LogP) is 6.17. The summed E-state index contributed by atoms with van der Waals surface area (Å²) in [5.74, 6) is 0.831. The van der Waals surface area contributed by atoms with Crippen LogP contribution in [0.15, 0.2) is 71.6 Å². The van der Waals surface area contributed by atoms with E-state index in [0.29, 0.717) is 49.5 Å². The lowest BCUT2D eigenvalue weighted by Gasteiger charge is -2.17. The van der Waals surface area contributed by atoms with Gasteiger partial charge in [-0.15, -0.1) is 0 Å². The summed E-state index contributed by atoms with van der Waals surface area (Å²) in [6.45, 7) is 2.02. The van der Waals surface area contributed by atoms with Crippen LogP contribution in [0.5, 0.6) is 17.2 Å². The first kappa shape index (κ1) is 26.5. The summed E-state index contributed by atoms with van der Waals surface area (Å²) < 4.78 is 17.2. The Morgan fingerprint density at radius 1 is 1.05 bits per heavy atom. The summed E-state index contributed by atoms with van der Waals surface area (Å²) in [6.07, 6.45) is 1.74. The van der Waals surface area contributed by atoms with Crippen LogP contribution in [0.25, 0.3) is 6.08 Å². The lowest BCUT2D eigenvalue weighted by atomic mass is 10.1. The summed E-state index contributed by atoms with van der Waals surface area (Å²) in [6, 6.07) is 19.3. The third-order valence-corrected chi connectivity index (χ3v) is 6.69. The van der Waals surface area contributed by atoms with Gasteiger partial charge < -0.3 is 19.5 Å². The van der Waals surface area contributed by atoms with Crippen LogP contribution < -0.4 is 24.4 Å². The van der Waals surface area contributed by atoms with Crippen LogP contribution in [0.1, 0.15) is 12.5 Å². The second-order valence-electron chi connectivity index (χ2n) is 7.68. The molecule has 7 nitrogen and oxygen atoms in total. The standard InChI is InChI=1S/C27H23ClN2O5S2/c1-3-34-23-13-17(11-12-22(23)35-16-25(31)29-19-8-6-7-18(28)15-19)14-24-26(32)30(27(36)37-24)20-9-4-5-10-21(20)33-2/h4-15H,3,16H2,1-2H3,(H,29,31)/b24-14+. The average molecular weight is 555 g/mol. The first-order chi connectivity index (χ1) is 17.9. The molecular formula is C27H23ClN2O5S2. The molecule has 2 amide bonds. The fraction of sp³-hybridized carbons (Fsp3) is 0.148. The molecule has 10 heteroatoms. The number of methoxy groups -OCH3 is 1. The molecule has 0 saturated carbocycles. The quantitative estimate of drug-likeness (QED) is 0.250. The number of anilines is 2. The highest BCUT2D eigenvalue weighted by Crippen LogP contribution is 2.40. The van der Waals surface area contributed by atoms with Gasteiger partial charge in [-0.25, -0.2) is 0 Å². The summed E-state index contributed by atoms with van der Waals surface area (Å²) in [4.78, 5) is 27.5. The monoisotopic (exact) mass is 554 g/mol. The molecular weight excluding hydrogens is 532 g/mol. The van der Waals surface area contributed by atoms with E-state index in [1.165, 1.54) is 16.7 Å². The number of amides is 2. The van der Waals surface area contributed by atoms with Crippen molar-refractivity contribution < 1.29 is 23.8 Å². The summed E-state index contributed by atoms with van der Waals surface area (Å²) in [7, 11) is 1.55. The first-order valence-electron chi connectivity index (χ1n) is 11.3. The number of nitrogens with zero attached hydrogens (tertiary/aromatic N) is 1. The second kappa shape index (κ2) is 12.1. The van der Waals surface area contributed by atoms with Crippen LogP contribution in [0.4, 0.5) is 11.4 Å². The molecule has 0 atom stereocenters. The average Bonchev–Trinajstić information content (AvgIpc) is 3.15. The van der Waals surface area contributed by atoms with E-state index in [1.54, 1.807) is 67.8 Å². The molecule has 1 N–H and O–H groups in total. The number of halogens is 1. The van der Waals surface area contributed by atoms with E-state index < -0.39 is 0 Å². The molecule has 1 aliphatic heterocycles. The minimum absolute atomic E-state index is 0.219. The third kappa shape index (κ3) is 6.43. The summed E-state index contributed by atoms with van der Waals surface area (Å²) >= 11 is 12.7. The topological polar surface area (TPSA) is 77.1 Å². The zero-order valence-corrected chi connectivity index (χ0v) is 22.4. The minimum Gasteiger partial charge on any atom is -0.495 e. The molecule has 0 spiro atoms. The van der Waals surface area contributed by atoms with Gasteiger partial charge >= 0.3 is 0 Å². The molecule has 190 valence electrons. The van der Waals surface area contributed by atoms with Gasteiger partial charge in [0.2, 0.25) is 0 Å². The Morgan fingerprint density at radius 2 is 1.86 bits per heavy atom. The van der Waals surface area contributed by atoms with Gasteiger partial charge in [0.05, 0.1) is 24.3 Å². The summed E-state index contributed by atoms with van der Waals surface area (Å²) in [5.41, 5.74) is 1.89. The maximum Gasteiger partial charge on any atom is 0.270 e. The van der Waals surface area contributed by atoms with Crippen molar-refractivity contribution in [3.8, 4) is 17.2 Å². The fourth-order valence-corrected chi connectivity index (χ4v) is 5.03. The van der Waals surface area contributed by atoms with Gasteiger partial charge in [0.15, 0.2) is 22.4 Å². The van der Waals surface area contributed by atoms with Crippen molar-refractivity contribution in [2.24, 2.45) is 0 Å². The third-order valence-electron chi connectivity index (χ3n) is 5.15. The zero-order valence-electron chi connectivity index (χ0n) is 20.0. The molecule has 0 unspecified atom stereocenters. The van der Waals surface area contributed by atoms with Crippen LogP contribution in [0.2, 0.25) is 5.02 Å². The number of nitrogens with one attached hydrogen (secondary N) is 1. The number of ether oxygens (including phenoxy) is 3. The van der Waals surface area contributed by atoms with Gasteiger partial charge in [0, 0.05) is 10.7 Å². The van der Waals surface area contributed by atoms with Crippen molar-refractivity contribution >= 4 is 69.2 Å². The van der Waals surface area contributed by atoms with Crippen molar-refractivity contribution in [2.75, 3.05) is 30.5 Å². The van der Waals surface area contributed by atoms with E-state index in [4.69, 9.17) is 38.0 Å². The number of rotatable bonds is 9. The van der Waals surface area contributed by atoms with Crippen molar-refractivity contribution in [1.82, 2.24) is 0 Å². The maximum atomic E-state index is 13.2. The Balaban J connectivity index is 1.49. The Kier molecular flexibility index (Phi) is 8.70. The van der Waals surface area contributed by atoms with E-state index in [-0.39, 0.29) is 18.4 Å².